The van der Waals surface area contributed by atoms with Crippen molar-refractivity contribution in [3.05, 3.63) is 47.5 Å². The fourth-order valence-electron chi connectivity index (χ4n) is 2.67. The highest BCUT2D eigenvalue weighted by Crippen LogP contribution is 2.33. The Morgan fingerprint density at radius 2 is 2.04 bits per heavy atom. The SMILES string of the molecule is C=CCn1c(=NC(=O)c2ccn(C(C)C)n2)sc2cc(OC)c(OC)cc21. The monoisotopic (exact) mass is 386 g/mol. The van der Waals surface area contributed by atoms with E-state index in [-0.39, 0.29) is 11.9 Å². The van der Waals surface area contributed by atoms with Crippen LogP contribution in [0, 0.1) is 0 Å². The average Bonchev–Trinajstić information content (AvgIpc) is 3.26. The minimum atomic E-state index is -0.377. The van der Waals surface area contributed by atoms with E-state index in [2.05, 4.69) is 16.7 Å². The normalized spacial score (nSPS) is 12.0. The number of aromatic nitrogens is 3. The van der Waals surface area contributed by atoms with E-state index < -0.39 is 0 Å². The Kier molecular flexibility index (Phi) is 5.46. The molecule has 0 N–H and O–H groups in total. The molecular weight excluding hydrogens is 364 g/mol. The zero-order chi connectivity index (χ0) is 19.6. The molecule has 3 aromatic rings. The second-order valence-corrected chi connectivity index (χ2v) is 7.16. The quantitative estimate of drug-likeness (QED) is 0.609. The van der Waals surface area contributed by atoms with E-state index in [1.807, 2.05) is 30.5 Å². The summed E-state index contributed by atoms with van der Waals surface area (Å²) in [7, 11) is 3.18. The van der Waals surface area contributed by atoms with Crippen LogP contribution >= 0.6 is 11.3 Å². The van der Waals surface area contributed by atoms with Crippen LogP contribution in [0.1, 0.15) is 30.4 Å². The fourth-order valence-corrected chi connectivity index (χ4v) is 3.72. The first-order chi connectivity index (χ1) is 13.0. The van der Waals surface area contributed by atoms with Crippen LogP contribution in [0.5, 0.6) is 11.5 Å². The number of hydrogen-bond acceptors (Lipinski definition) is 5. The molecule has 8 heteroatoms. The molecule has 142 valence electrons. The largest absolute Gasteiger partial charge is 0.493 e. The summed E-state index contributed by atoms with van der Waals surface area (Å²) in [5, 5.41) is 4.30. The molecule has 0 radical (unpaired) electrons. The molecule has 0 fully saturated rings. The minimum Gasteiger partial charge on any atom is -0.493 e. The molecule has 27 heavy (non-hydrogen) atoms. The molecule has 0 aliphatic heterocycles. The Hall–Kier alpha value is -2.87. The molecule has 0 unspecified atom stereocenters. The summed E-state index contributed by atoms with van der Waals surface area (Å²) in [6.07, 6.45) is 3.55. The Labute approximate surface area is 161 Å². The first-order valence-corrected chi connectivity index (χ1v) is 9.30. The van der Waals surface area contributed by atoms with Crippen molar-refractivity contribution in [2.45, 2.75) is 26.4 Å². The Morgan fingerprint density at radius 3 is 2.63 bits per heavy atom. The summed E-state index contributed by atoms with van der Waals surface area (Å²) < 4.78 is 15.4. The van der Waals surface area contributed by atoms with Gasteiger partial charge in [0.2, 0.25) is 0 Å². The van der Waals surface area contributed by atoms with Gasteiger partial charge in [-0.05, 0) is 19.9 Å². The number of allylic oxidation sites excluding steroid dienone is 1. The van der Waals surface area contributed by atoms with E-state index in [9.17, 15) is 4.79 Å². The van der Waals surface area contributed by atoms with Gasteiger partial charge in [0, 0.05) is 30.9 Å². The van der Waals surface area contributed by atoms with E-state index in [0.29, 0.717) is 28.5 Å². The third-order valence-electron chi connectivity index (χ3n) is 4.05. The lowest BCUT2D eigenvalue weighted by Crippen LogP contribution is -2.16. The number of carbonyl (C=O) groups excluding carboxylic acids is 1. The molecule has 0 bridgehead atoms. The standard InChI is InChI=1S/C19H22N4O3S/c1-6-8-22-14-10-15(25-4)16(26-5)11-17(14)27-19(22)20-18(24)13-7-9-23(21-13)12(2)3/h6-7,9-12H,1,8H2,2-5H3. The number of thiazole rings is 1. The van der Waals surface area contributed by atoms with Gasteiger partial charge in [0.05, 0.1) is 24.4 Å². The fraction of sp³-hybridized carbons (Fsp3) is 0.316. The molecule has 0 spiro atoms. The zero-order valence-electron chi connectivity index (χ0n) is 15.8. The predicted octanol–water partition coefficient (Wildman–Crippen LogP) is 3.42. The molecule has 0 saturated heterocycles. The van der Waals surface area contributed by atoms with Gasteiger partial charge in [-0.3, -0.25) is 9.48 Å². The van der Waals surface area contributed by atoms with Gasteiger partial charge in [0.1, 0.15) is 0 Å². The van der Waals surface area contributed by atoms with E-state index in [1.54, 1.807) is 37.2 Å². The van der Waals surface area contributed by atoms with Crippen LogP contribution in [0.25, 0.3) is 10.2 Å². The Morgan fingerprint density at radius 1 is 1.33 bits per heavy atom. The summed E-state index contributed by atoms with van der Waals surface area (Å²) in [5.41, 5.74) is 1.22. The van der Waals surface area contributed by atoms with E-state index in [0.717, 1.165) is 10.2 Å². The van der Waals surface area contributed by atoms with Crippen LogP contribution < -0.4 is 14.3 Å². The van der Waals surface area contributed by atoms with E-state index in [1.165, 1.54) is 11.3 Å². The molecule has 0 aliphatic carbocycles. The van der Waals surface area contributed by atoms with Crippen molar-refractivity contribution in [3.63, 3.8) is 0 Å². The van der Waals surface area contributed by atoms with Gasteiger partial charge in [0.15, 0.2) is 22.0 Å². The molecule has 2 aromatic heterocycles. The number of carbonyl (C=O) groups is 1. The van der Waals surface area contributed by atoms with Crippen molar-refractivity contribution >= 4 is 27.5 Å². The molecule has 0 saturated carbocycles. The van der Waals surface area contributed by atoms with Crippen LogP contribution in [0.3, 0.4) is 0 Å². The van der Waals surface area contributed by atoms with E-state index in [4.69, 9.17) is 9.47 Å². The predicted molar refractivity (Wildman–Crippen MR) is 106 cm³/mol. The first kappa shape index (κ1) is 18.9. The number of methoxy groups -OCH3 is 2. The number of hydrogen-bond donors (Lipinski definition) is 0. The van der Waals surface area contributed by atoms with Crippen molar-refractivity contribution in [1.82, 2.24) is 14.3 Å². The third-order valence-corrected chi connectivity index (χ3v) is 5.09. The second kappa shape index (κ2) is 7.79. The molecule has 0 aliphatic rings. The highest BCUT2D eigenvalue weighted by Gasteiger charge is 2.14. The number of ether oxygens (including phenoxy) is 2. The summed E-state index contributed by atoms with van der Waals surface area (Å²) in [5.74, 6) is 0.873. The van der Waals surface area contributed by atoms with Crippen LogP contribution in [0.2, 0.25) is 0 Å². The number of rotatable bonds is 6. The average molecular weight is 386 g/mol. The topological polar surface area (TPSA) is 70.6 Å². The number of nitrogens with zero attached hydrogens (tertiary/aromatic N) is 4. The lowest BCUT2D eigenvalue weighted by Gasteiger charge is -2.08. The maximum Gasteiger partial charge on any atom is 0.300 e. The highest BCUT2D eigenvalue weighted by molar-refractivity contribution is 7.16. The van der Waals surface area contributed by atoms with Crippen LogP contribution in [0.4, 0.5) is 0 Å². The second-order valence-electron chi connectivity index (χ2n) is 6.15. The highest BCUT2D eigenvalue weighted by atomic mass is 32.1. The number of amides is 1. The molecule has 1 amide bonds. The maximum absolute atomic E-state index is 12.6. The lowest BCUT2D eigenvalue weighted by molar-refractivity contribution is 0.0992. The van der Waals surface area contributed by atoms with Gasteiger partial charge in [-0.2, -0.15) is 10.1 Å². The van der Waals surface area contributed by atoms with Gasteiger partial charge in [-0.1, -0.05) is 17.4 Å². The maximum atomic E-state index is 12.6. The number of fused-ring (bicyclic) bond motifs is 1. The van der Waals surface area contributed by atoms with E-state index >= 15 is 0 Å². The lowest BCUT2D eigenvalue weighted by atomic mass is 10.3. The van der Waals surface area contributed by atoms with Gasteiger partial charge >= 0.3 is 0 Å². The van der Waals surface area contributed by atoms with Gasteiger partial charge in [0.25, 0.3) is 5.91 Å². The summed E-state index contributed by atoms with van der Waals surface area (Å²) >= 11 is 1.41. The molecular formula is C19H22N4O3S. The Bertz CT molecular complexity index is 1060. The van der Waals surface area contributed by atoms with Crippen molar-refractivity contribution in [3.8, 4) is 11.5 Å². The third kappa shape index (κ3) is 3.66. The van der Waals surface area contributed by atoms with Crippen molar-refractivity contribution in [2.24, 2.45) is 4.99 Å². The van der Waals surface area contributed by atoms with Gasteiger partial charge < -0.3 is 14.0 Å². The zero-order valence-corrected chi connectivity index (χ0v) is 16.6. The summed E-state index contributed by atoms with van der Waals surface area (Å²) in [4.78, 5) is 17.5. The minimum absolute atomic E-state index is 0.182. The van der Waals surface area contributed by atoms with Crippen molar-refractivity contribution < 1.29 is 14.3 Å². The van der Waals surface area contributed by atoms with Crippen molar-refractivity contribution in [2.75, 3.05) is 14.2 Å². The summed E-state index contributed by atoms with van der Waals surface area (Å²) in [6, 6.07) is 5.63. The molecule has 7 nitrogen and oxygen atoms in total. The first-order valence-electron chi connectivity index (χ1n) is 8.49. The smallest absolute Gasteiger partial charge is 0.300 e. The molecule has 0 atom stereocenters. The van der Waals surface area contributed by atoms with Crippen molar-refractivity contribution in [1.29, 1.82) is 0 Å². The Balaban J connectivity index is 2.13. The summed E-state index contributed by atoms with van der Waals surface area (Å²) in [6.45, 7) is 8.33. The van der Waals surface area contributed by atoms with Gasteiger partial charge in [-0.15, -0.1) is 6.58 Å². The molecule has 1 aromatic carbocycles. The van der Waals surface area contributed by atoms with Crippen LogP contribution in [-0.2, 0) is 6.54 Å². The van der Waals surface area contributed by atoms with Crippen LogP contribution in [-0.4, -0.2) is 34.5 Å². The molecule has 2 heterocycles. The molecule has 3 rings (SSSR count). The number of benzene rings is 1. The van der Waals surface area contributed by atoms with Crippen LogP contribution in [0.15, 0.2) is 42.0 Å². The van der Waals surface area contributed by atoms with Gasteiger partial charge in [-0.25, -0.2) is 0 Å².